The number of halogens is 3. The number of benzene rings is 2. The average molecular weight is 381 g/mol. The molecule has 0 radical (unpaired) electrons. The lowest BCUT2D eigenvalue weighted by Crippen LogP contribution is -2.15. The molecule has 0 saturated heterocycles. The average Bonchev–Trinajstić information content (AvgIpc) is 2.85. The minimum Gasteiger partial charge on any atom is -0.324 e. The number of pyridine rings is 1. The Balaban J connectivity index is 1.76. The molecule has 0 atom stereocenters. The van der Waals surface area contributed by atoms with Crippen LogP contribution in [0.2, 0.25) is 0 Å². The molecule has 2 aromatic carbocycles. The van der Waals surface area contributed by atoms with Crippen molar-refractivity contribution < 1.29 is 18.0 Å². The Hall–Kier alpha value is -3.48. The summed E-state index contributed by atoms with van der Waals surface area (Å²) in [7, 11) is 0. The predicted molar refractivity (Wildman–Crippen MR) is 101 cm³/mol. The van der Waals surface area contributed by atoms with E-state index in [4.69, 9.17) is 0 Å². The minimum atomic E-state index is -4.49. The van der Waals surface area contributed by atoms with E-state index in [1.807, 2.05) is 36.4 Å². The number of anilines is 1. The number of amides is 1. The van der Waals surface area contributed by atoms with Crippen LogP contribution in [-0.2, 0) is 11.0 Å². The molecule has 0 bridgehead atoms. The molecule has 4 nitrogen and oxygen atoms in total. The monoisotopic (exact) mass is 381 g/mol. The van der Waals surface area contributed by atoms with Gasteiger partial charge in [-0.3, -0.25) is 14.8 Å². The Morgan fingerprint density at radius 3 is 2.46 bits per heavy atom. The highest BCUT2D eigenvalue weighted by Gasteiger charge is 2.31. The third-order valence-corrected chi connectivity index (χ3v) is 4.34. The van der Waals surface area contributed by atoms with Crippen molar-refractivity contribution in [1.82, 2.24) is 4.98 Å². The molecule has 0 aliphatic carbocycles. The summed E-state index contributed by atoms with van der Waals surface area (Å²) in [6, 6.07) is 16.2. The van der Waals surface area contributed by atoms with Crippen molar-refractivity contribution >= 4 is 23.0 Å². The molecule has 0 saturated carbocycles. The smallest absolute Gasteiger partial charge is 0.324 e. The first kappa shape index (κ1) is 17.9. The second kappa shape index (κ2) is 6.92. The molecule has 28 heavy (non-hydrogen) atoms. The van der Waals surface area contributed by atoms with Crippen molar-refractivity contribution in [2.24, 2.45) is 4.99 Å². The lowest BCUT2D eigenvalue weighted by molar-refractivity contribution is -0.137. The van der Waals surface area contributed by atoms with Crippen LogP contribution in [0.25, 0.3) is 11.3 Å². The van der Waals surface area contributed by atoms with E-state index in [0.717, 1.165) is 23.4 Å². The van der Waals surface area contributed by atoms with Crippen LogP contribution in [0.3, 0.4) is 0 Å². The van der Waals surface area contributed by atoms with E-state index >= 15 is 0 Å². The van der Waals surface area contributed by atoms with Gasteiger partial charge >= 0.3 is 6.18 Å². The maximum absolute atomic E-state index is 12.9. The van der Waals surface area contributed by atoms with Gasteiger partial charge in [-0.15, -0.1) is 0 Å². The minimum absolute atomic E-state index is 0.0473. The predicted octanol–water partition coefficient (Wildman–Crippen LogP) is 5.23. The van der Waals surface area contributed by atoms with E-state index in [1.165, 1.54) is 6.07 Å². The van der Waals surface area contributed by atoms with Crippen molar-refractivity contribution in [2.75, 3.05) is 5.32 Å². The number of nitrogens with zero attached hydrogens (tertiary/aromatic N) is 2. The SMILES string of the molecule is O=C1CC(c2ccnc(-c3ccccc3)c2)=Nc2ccc(C(F)(F)F)cc2N1. The van der Waals surface area contributed by atoms with Crippen LogP contribution < -0.4 is 5.32 Å². The zero-order valence-electron chi connectivity index (χ0n) is 14.5. The number of alkyl halides is 3. The van der Waals surface area contributed by atoms with E-state index in [-0.39, 0.29) is 17.8 Å². The fraction of sp³-hybridized carbons (Fsp3) is 0.0952. The number of nitrogens with one attached hydrogen (secondary N) is 1. The van der Waals surface area contributed by atoms with Crippen LogP contribution in [0.4, 0.5) is 24.5 Å². The standard InChI is InChI=1S/C21H14F3N3O/c22-21(23,24)15-6-7-16-19(11-15)27-20(28)12-18(26-16)14-8-9-25-17(10-14)13-4-2-1-3-5-13/h1-11H,12H2,(H,27,28). The fourth-order valence-corrected chi connectivity index (χ4v) is 2.98. The summed E-state index contributed by atoms with van der Waals surface area (Å²) in [6.45, 7) is 0. The summed E-state index contributed by atoms with van der Waals surface area (Å²) in [5.74, 6) is -0.421. The number of hydrogen-bond donors (Lipinski definition) is 1. The van der Waals surface area contributed by atoms with Gasteiger partial charge in [-0.2, -0.15) is 13.2 Å². The fourth-order valence-electron chi connectivity index (χ4n) is 2.98. The number of carbonyl (C=O) groups excluding carboxylic acids is 1. The van der Waals surface area contributed by atoms with Crippen molar-refractivity contribution in [3.63, 3.8) is 0 Å². The first-order valence-corrected chi connectivity index (χ1v) is 8.51. The van der Waals surface area contributed by atoms with Crippen molar-refractivity contribution in [1.29, 1.82) is 0 Å². The van der Waals surface area contributed by atoms with E-state index in [9.17, 15) is 18.0 Å². The van der Waals surface area contributed by atoms with Gasteiger partial charge in [-0.25, -0.2) is 0 Å². The highest BCUT2D eigenvalue weighted by Crippen LogP contribution is 2.36. The molecule has 1 N–H and O–H groups in total. The molecular formula is C21H14F3N3O. The molecule has 1 aromatic heterocycles. The van der Waals surface area contributed by atoms with Gasteiger partial charge in [-0.05, 0) is 30.3 Å². The van der Waals surface area contributed by atoms with Crippen LogP contribution in [0, 0.1) is 0 Å². The van der Waals surface area contributed by atoms with Crippen LogP contribution in [0.15, 0.2) is 71.9 Å². The molecule has 7 heteroatoms. The second-order valence-electron chi connectivity index (χ2n) is 6.31. The molecule has 0 fully saturated rings. The normalized spacial score (nSPS) is 14.0. The first-order valence-electron chi connectivity index (χ1n) is 8.51. The van der Waals surface area contributed by atoms with E-state index in [1.54, 1.807) is 12.3 Å². The van der Waals surface area contributed by atoms with Crippen LogP contribution >= 0.6 is 0 Å². The van der Waals surface area contributed by atoms with Crippen LogP contribution in [0.1, 0.15) is 17.5 Å². The van der Waals surface area contributed by atoms with Gasteiger partial charge in [0.15, 0.2) is 0 Å². The molecule has 140 valence electrons. The summed E-state index contributed by atoms with van der Waals surface area (Å²) in [5, 5.41) is 2.51. The molecular weight excluding hydrogens is 367 g/mol. The Bertz CT molecular complexity index is 1080. The van der Waals surface area contributed by atoms with E-state index in [2.05, 4.69) is 15.3 Å². The van der Waals surface area contributed by atoms with Gasteiger partial charge < -0.3 is 5.32 Å². The molecule has 0 spiro atoms. The van der Waals surface area contributed by atoms with Gasteiger partial charge in [-0.1, -0.05) is 30.3 Å². The zero-order valence-corrected chi connectivity index (χ0v) is 14.5. The Morgan fingerprint density at radius 2 is 1.71 bits per heavy atom. The largest absolute Gasteiger partial charge is 0.416 e. The number of hydrogen-bond acceptors (Lipinski definition) is 3. The zero-order chi connectivity index (χ0) is 19.7. The number of fused-ring (bicyclic) bond motifs is 1. The molecule has 1 aliphatic heterocycles. The lowest BCUT2D eigenvalue weighted by Gasteiger charge is -2.10. The number of aliphatic imine (C=N–C) groups is 1. The Morgan fingerprint density at radius 1 is 0.929 bits per heavy atom. The number of carbonyl (C=O) groups is 1. The highest BCUT2D eigenvalue weighted by atomic mass is 19.4. The van der Waals surface area contributed by atoms with Crippen LogP contribution in [0.5, 0.6) is 0 Å². The summed E-state index contributed by atoms with van der Waals surface area (Å²) in [4.78, 5) is 21.1. The van der Waals surface area contributed by atoms with Crippen molar-refractivity contribution in [3.05, 3.63) is 78.0 Å². The lowest BCUT2D eigenvalue weighted by atomic mass is 10.0. The molecule has 4 rings (SSSR count). The first-order chi connectivity index (χ1) is 13.4. The molecule has 2 heterocycles. The molecule has 3 aromatic rings. The quantitative estimate of drug-likeness (QED) is 0.661. The maximum atomic E-state index is 12.9. The van der Waals surface area contributed by atoms with Gasteiger partial charge in [0.05, 0.1) is 34.8 Å². The highest BCUT2D eigenvalue weighted by molar-refractivity contribution is 6.17. The van der Waals surface area contributed by atoms with Crippen molar-refractivity contribution in [2.45, 2.75) is 12.6 Å². The number of rotatable bonds is 2. The second-order valence-corrected chi connectivity index (χ2v) is 6.31. The Kier molecular flexibility index (Phi) is 4.43. The summed E-state index contributed by atoms with van der Waals surface area (Å²) in [5.41, 5.74) is 2.29. The van der Waals surface area contributed by atoms with Crippen LogP contribution in [-0.4, -0.2) is 16.6 Å². The van der Waals surface area contributed by atoms with E-state index < -0.39 is 17.6 Å². The molecule has 0 unspecified atom stereocenters. The Labute approximate surface area is 158 Å². The third-order valence-electron chi connectivity index (χ3n) is 4.34. The molecule has 1 aliphatic rings. The summed E-state index contributed by atoms with van der Waals surface area (Å²) in [6.07, 6.45) is -2.92. The number of aromatic nitrogens is 1. The maximum Gasteiger partial charge on any atom is 0.416 e. The summed E-state index contributed by atoms with van der Waals surface area (Å²) < 4.78 is 38.8. The van der Waals surface area contributed by atoms with Gasteiger partial charge in [0.25, 0.3) is 0 Å². The van der Waals surface area contributed by atoms with Gasteiger partial charge in [0.1, 0.15) is 0 Å². The summed E-state index contributed by atoms with van der Waals surface area (Å²) >= 11 is 0. The van der Waals surface area contributed by atoms with Gasteiger partial charge in [0.2, 0.25) is 5.91 Å². The van der Waals surface area contributed by atoms with Crippen molar-refractivity contribution in [3.8, 4) is 11.3 Å². The van der Waals surface area contributed by atoms with Gasteiger partial charge in [0, 0.05) is 17.3 Å². The third kappa shape index (κ3) is 3.64. The topological polar surface area (TPSA) is 54.4 Å². The van der Waals surface area contributed by atoms with E-state index in [0.29, 0.717) is 11.3 Å². The molecule has 1 amide bonds.